The molecule has 0 spiro atoms. The summed E-state index contributed by atoms with van der Waals surface area (Å²) < 4.78 is 1.70. The van der Waals surface area contributed by atoms with Crippen LogP contribution in [0.2, 0.25) is 0 Å². The molecule has 4 rings (SSSR count). The standard InChI is InChI=1S/C13H16N6O/c20-13-18-17-11-7-9(4-6-19(11)13)15-10-3-5-14-12(16-10)8-1-2-8/h3,5,8-9H,1-2,4,6-7H2,(H,18,20)(H,14,15,16). The molecule has 7 nitrogen and oxygen atoms in total. The molecule has 0 bridgehead atoms. The van der Waals surface area contributed by atoms with Gasteiger partial charge in [-0.1, -0.05) is 0 Å². The van der Waals surface area contributed by atoms with Crippen molar-refractivity contribution in [3.8, 4) is 0 Å². The first-order valence-corrected chi connectivity index (χ1v) is 7.03. The molecule has 0 aromatic carbocycles. The molecule has 2 aliphatic rings. The molecule has 104 valence electrons. The van der Waals surface area contributed by atoms with Crippen LogP contribution in [0.25, 0.3) is 0 Å². The van der Waals surface area contributed by atoms with Crippen molar-refractivity contribution in [2.75, 3.05) is 5.32 Å². The van der Waals surface area contributed by atoms with E-state index in [2.05, 4.69) is 25.5 Å². The lowest BCUT2D eigenvalue weighted by atomic mass is 10.1. The molecule has 1 fully saturated rings. The third kappa shape index (κ3) is 2.09. The van der Waals surface area contributed by atoms with E-state index in [-0.39, 0.29) is 11.7 Å². The third-order valence-electron chi connectivity index (χ3n) is 3.94. The van der Waals surface area contributed by atoms with Gasteiger partial charge < -0.3 is 5.32 Å². The number of nitrogens with one attached hydrogen (secondary N) is 2. The van der Waals surface area contributed by atoms with E-state index in [1.807, 2.05) is 12.3 Å². The SMILES string of the molecule is O=c1[nH]nc2n1CCC(Nc1ccnc(C3CC3)n1)C2. The number of anilines is 1. The van der Waals surface area contributed by atoms with Gasteiger partial charge in [0.2, 0.25) is 0 Å². The molecular weight excluding hydrogens is 256 g/mol. The minimum absolute atomic E-state index is 0.114. The lowest BCUT2D eigenvalue weighted by Crippen LogP contribution is -2.33. The van der Waals surface area contributed by atoms with Crippen LogP contribution in [0.15, 0.2) is 17.1 Å². The molecule has 2 aromatic heterocycles. The molecule has 1 saturated carbocycles. The van der Waals surface area contributed by atoms with Crippen LogP contribution in [0.4, 0.5) is 5.82 Å². The first-order valence-electron chi connectivity index (χ1n) is 7.03. The van der Waals surface area contributed by atoms with Gasteiger partial charge in [-0.05, 0) is 25.3 Å². The summed E-state index contributed by atoms with van der Waals surface area (Å²) in [5.74, 6) is 3.19. The number of rotatable bonds is 3. The number of aromatic nitrogens is 5. The normalized spacial score (nSPS) is 21.5. The lowest BCUT2D eigenvalue weighted by Gasteiger charge is -2.23. The van der Waals surface area contributed by atoms with E-state index >= 15 is 0 Å². The predicted molar refractivity (Wildman–Crippen MR) is 72.6 cm³/mol. The summed E-state index contributed by atoms with van der Waals surface area (Å²) in [6, 6.07) is 2.16. The van der Waals surface area contributed by atoms with Crippen molar-refractivity contribution in [1.82, 2.24) is 24.7 Å². The summed E-state index contributed by atoms with van der Waals surface area (Å²) in [6.07, 6.45) is 5.85. The van der Waals surface area contributed by atoms with Crippen molar-refractivity contribution in [2.24, 2.45) is 0 Å². The number of nitrogens with zero attached hydrogens (tertiary/aromatic N) is 4. The number of aromatic amines is 1. The maximum atomic E-state index is 11.5. The Kier molecular flexibility index (Phi) is 2.58. The second kappa shape index (κ2) is 4.43. The largest absolute Gasteiger partial charge is 0.367 e. The summed E-state index contributed by atoms with van der Waals surface area (Å²) in [4.78, 5) is 20.4. The molecular formula is C13H16N6O. The van der Waals surface area contributed by atoms with E-state index < -0.39 is 0 Å². The van der Waals surface area contributed by atoms with E-state index in [1.54, 1.807) is 4.57 Å². The summed E-state index contributed by atoms with van der Waals surface area (Å²) in [7, 11) is 0. The highest BCUT2D eigenvalue weighted by molar-refractivity contribution is 5.35. The monoisotopic (exact) mass is 272 g/mol. The molecule has 1 unspecified atom stereocenters. The van der Waals surface area contributed by atoms with Crippen LogP contribution >= 0.6 is 0 Å². The van der Waals surface area contributed by atoms with Crippen LogP contribution in [-0.4, -0.2) is 30.8 Å². The van der Waals surface area contributed by atoms with E-state index in [0.29, 0.717) is 12.5 Å². The number of fused-ring (bicyclic) bond motifs is 1. The smallest absolute Gasteiger partial charge is 0.343 e. The van der Waals surface area contributed by atoms with Gasteiger partial charge in [0.05, 0.1) is 0 Å². The van der Waals surface area contributed by atoms with Crippen LogP contribution in [-0.2, 0) is 13.0 Å². The van der Waals surface area contributed by atoms with E-state index in [4.69, 9.17) is 0 Å². The number of H-pyrrole nitrogens is 1. The summed E-state index contributed by atoms with van der Waals surface area (Å²) in [6.45, 7) is 0.697. The zero-order chi connectivity index (χ0) is 13.5. The molecule has 2 N–H and O–H groups in total. The van der Waals surface area contributed by atoms with Crippen LogP contribution in [0.5, 0.6) is 0 Å². The van der Waals surface area contributed by atoms with Gasteiger partial charge in [-0.2, -0.15) is 5.10 Å². The topological polar surface area (TPSA) is 88.5 Å². The Balaban J connectivity index is 1.50. The minimum Gasteiger partial charge on any atom is -0.367 e. The summed E-state index contributed by atoms with van der Waals surface area (Å²) >= 11 is 0. The first-order chi connectivity index (χ1) is 9.79. The highest BCUT2D eigenvalue weighted by Gasteiger charge is 2.27. The van der Waals surface area contributed by atoms with Gasteiger partial charge in [-0.25, -0.2) is 19.9 Å². The fourth-order valence-electron chi connectivity index (χ4n) is 2.67. The maximum Gasteiger partial charge on any atom is 0.343 e. The Bertz CT molecular complexity index is 686. The minimum atomic E-state index is -0.114. The Morgan fingerprint density at radius 3 is 3.10 bits per heavy atom. The van der Waals surface area contributed by atoms with Gasteiger partial charge in [-0.3, -0.25) is 4.57 Å². The van der Waals surface area contributed by atoms with Crippen molar-refractivity contribution >= 4 is 5.82 Å². The molecule has 0 amide bonds. The van der Waals surface area contributed by atoms with Crippen molar-refractivity contribution in [3.05, 3.63) is 34.4 Å². The van der Waals surface area contributed by atoms with Gasteiger partial charge in [0.1, 0.15) is 17.5 Å². The molecule has 1 atom stereocenters. The molecule has 1 aliphatic heterocycles. The van der Waals surface area contributed by atoms with Gasteiger partial charge >= 0.3 is 5.69 Å². The van der Waals surface area contributed by atoms with Gasteiger partial charge in [-0.15, -0.1) is 0 Å². The quantitative estimate of drug-likeness (QED) is 0.857. The van der Waals surface area contributed by atoms with Gasteiger partial charge in [0.15, 0.2) is 0 Å². The fraction of sp³-hybridized carbons (Fsp3) is 0.538. The molecule has 0 radical (unpaired) electrons. The molecule has 0 saturated heterocycles. The summed E-state index contributed by atoms with van der Waals surface area (Å²) in [5, 5.41) is 9.99. The molecule has 20 heavy (non-hydrogen) atoms. The molecule has 1 aliphatic carbocycles. The zero-order valence-corrected chi connectivity index (χ0v) is 11.0. The molecule has 7 heteroatoms. The fourth-order valence-corrected chi connectivity index (χ4v) is 2.67. The van der Waals surface area contributed by atoms with Crippen molar-refractivity contribution in [3.63, 3.8) is 0 Å². The highest BCUT2D eigenvalue weighted by atomic mass is 16.1. The lowest BCUT2D eigenvalue weighted by molar-refractivity contribution is 0.475. The Labute approximate surface area is 115 Å². The van der Waals surface area contributed by atoms with Crippen molar-refractivity contribution in [2.45, 2.75) is 44.2 Å². The van der Waals surface area contributed by atoms with Gasteiger partial charge in [0.25, 0.3) is 0 Å². The number of hydrogen-bond acceptors (Lipinski definition) is 5. The number of hydrogen-bond donors (Lipinski definition) is 2. The molecule has 3 heterocycles. The summed E-state index contributed by atoms with van der Waals surface area (Å²) in [5.41, 5.74) is -0.114. The Hall–Kier alpha value is -2.18. The highest BCUT2D eigenvalue weighted by Crippen LogP contribution is 2.38. The van der Waals surface area contributed by atoms with Crippen LogP contribution in [0.3, 0.4) is 0 Å². The third-order valence-corrected chi connectivity index (χ3v) is 3.94. The second-order valence-electron chi connectivity index (χ2n) is 5.51. The van der Waals surface area contributed by atoms with Crippen LogP contribution in [0.1, 0.15) is 36.8 Å². The molecule has 2 aromatic rings. The maximum absolute atomic E-state index is 11.5. The zero-order valence-electron chi connectivity index (χ0n) is 11.0. The van der Waals surface area contributed by atoms with Crippen molar-refractivity contribution < 1.29 is 0 Å². The average molecular weight is 272 g/mol. The van der Waals surface area contributed by atoms with E-state index in [9.17, 15) is 4.79 Å². The van der Waals surface area contributed by atoms with Crippen molar-refractivity contribution in [1.29, 1.82) is 0 Å². The van der Waals surface area contributed by atoms with Gasteiger partial charge in [0, 0.05) is 31.1 Å². The average Bonchev–Trinajstić information content (AvgIpc) is 3.25. The van der Waals surface area contributed by atoms with Crippen LogP contribution < -0.4 is 11.0 Å². The first kappa shape index (κ1) is 11.6. The van der Waals surface area contributed by atoms with E-state index in [1.165, 1.54) is 12.8 Å². The Morgan fingerprint density at radius 2 is 2.25 bits per heavy atom. The Morgan fingerprint density at radius 1 is 1.35 bits per heavy atom. The van der Waals surface area contributed by atoms with Crippen LogP contribution in [0, 0.1) is 0 Å². The second-order valence-corrected chi connectivity index (χ2v) is 5.51. The predicted octanol–water partition coefficient (Wildman–Crippen LogP) is 0.666. The van der Waals surface area contributed by atoms with E-state index in [0.717, 1.165) is 30.3 Å².